The molecule has 0 saturated carbocycles. The zero-order chi connectivity index (χ0) is 13.8. The number of carbonyl (C=O) groups excluding carboxylic acids is 1. The monoisotopic (exact) mass is 288 g/mol. The third kappa shape index (κ3) is 2.96. The second-order valence-electron chi connectivity index (χ2n) is 4.81. The van der Waals surface area contributed by atoms with Crippen molar-refractivity contribution in [3.05, 3.63) is 41.0 Å². The number of rotatable bonds is 3. The van der Waals surface area contributed by atoms with E-state index in [0.717, 1.165) is 31.7 Å². The summed E-state index contributed by atoms with van der Waals surface area (Å²) in [5, 5.41) is 3.08. The van der Waals surface area contributed by atoms with Crippen molar-refractivity contribution in [1.29, 1.82) is 0 Å². The molecule has 1 saturated heterocycles. The first-order valence-corrected chi connectivity index (χ1v) is 7.56. The molecule has 0 bridgehead atoms. The predicted molar refractivity (Wildman–Crippen MR) is 79.1 cm³/mol. The van der Waals surface area contributed by atoms with Gasteiger partial charge >= 0.3 is 0 Å². The lowest BCUT2D eigenvalue weighted by molar-refractivity contribution is 0.0937. The minimum atomic E-state index is -0.0274. The molecule has 2 aromatic heterocycles. The topological polar surface area (TPSA) is 58.1 Å². The number of aromatic nitrogens is 2. The van der Waals surface area contributed by atoms with Crippen molar-refractivity contribution in [2.24, 2.45) is 0 Å². The number of piperidine rings is 1. The van der Waals surface area contributed by atoms with Crippen LogP contribution in [0.3, 0.4) is 0 Å². The first kappa shape index (κ1) is 13.1. The highest BCUT2D eigenvalue weighted by molar-refractivity contribution is 7.11. The van der Waals surface area contributed by atoms with E-state index in [9.17, 15) is 4.79 Å². The molecule has 2 aromatic rings. The number of hydrogen-bond donors (Lipinski definition) is 1. The van der Waals surface area contributed by atoms with E-state index in [1.807, 2.05) is 18.2 Å². The Labute approximate surface area is 121 Å². The summed E-state index contributed by atoms with van der Waals surface area (Å²) in [6.07, 6.45) is 5.48. The SMILES string of the molecule is O=C(N[C@@H]1CCCN(c2ccccn2)C1)c1cncs1. The largest absolute Gasteiger partial charge is 0.355 e. The van der Waals surface area contributed by atoms with Gasteiger partial charge in [0.05, 0.1) is 11.7 Å². The number of nitrogens with one attached hydrogen (secondary N) is 1. The molecule has 1 amide bonds. The molecule has 5 nitrogen and oxygen atoms in total. The first-order chi connectivity index (χ1) is 9.83. The van der Waals surface area contributed by atoms with E-state index < -0.39 is 0 Å². The van der Waals surface area contributed by atoms with Gasteiger partial charge in [0.25, 0.3) is 5.91 Å². The second kappa shape index (κ2) is 6.00. The van der Waals surface area contributed by atoms with Crippen LogP contribution in [-0.4, -0.2) is 35.0 Å². The van der Waals surface area contributed by atoms with Crippen molar-refractivity contribution in [3.8, 4) is 0 Å². The molecule has 0 aliphatic carbocycles. The number of nitrogens with zero attached hydrogens (tertiary/aromatic N) is 3. The van der Waals surface area contributed by atoms with Gasteiger partial charge < -0.3 is 10.2 Å². The van der Waals surface area contributed by atoms with Gasteiger partial charge in [-0.15, -0.1) is 11.3 Å². The van der Waals surface area contributed by atoms with Crippen molar-refractivity contribution in [2.75, 3.05) is 18.0 Å². The molecule has 1 N–H and O–H groups in total. The zero-order valence-electron chi connectivity index (χ0n) is 11.0. The zero-order valence-corrected chi connectivity index (χ0v) is 11.8. The Morgan fingerprint density at radius 3 is 3.15 bits per heavy atom. The highest BCUT2D eigenvalue weighted by Gasteiger charge is 2.22. The van der Waals surface area contributed by atoms with Gasteiger partial charge in [0.2, 0.25) is 0 Å². The lowest BCUT2D eigenvalue weighted by Crippen LogP contribution is -2.47. The van der Waals surface area contributed by atoms with Gasteiger partial charge in [-0.05, 0) is 25.0 Å². The molecule has 6 heteroatoms. The molecule has 20 heavy (non-hydrogen) atoms. The molecule has 3 heterocycles. The average molecular weight is 288 g/mol. The fraction of sp³-hybridized carbons (Fsp3) is 0.357. The third-order valence-electron chi connectivity index (χ3n) is 3.39. The summed E-state index contributed by atoms with van der Waals surface area (Å²) in [4.78, 5) is 23.2. The Morgan fingerprint density at radius 1 is 1.45 bits per heavy atom. The standard InChI is InChI=1S/C14H16N4OS/c19-14(12-8-15-10-20-12)17-11-4-3-7-18(9-11)13-5-1-2-6-16-13/h1-2,5-6,8,10-11H,3-4,7,9H2,(H,17,19)/t11-/m1/s1. The van der Waals surface area contributed by atoms with E-state index >= 15 is 0 Å². The van der Waals surface area contributed by atoms with E-state index in [-0.39, 0.29) is 11.9 Å². The van der Waals surface area contributed by atoms with Gasteiger partial charge in [0.1, 0.15) is 10.7 Å². The molecular formula is C14H16N4OS. The number of hydrogen-bond acceptors (Lipinski definition) is 5. The molecule has 3 rings (SSSR count). The van der Waals surface area contributed by atoms with E-state index in [0.29, 0.717) is 4.88 Å². The van der Waals surface area contributed by atoms with Crippen LogP contribution in [0.15, 0.2) is 36.1 Å². The van der Waals surface area contributed by atoms with Crippen LogP contribution in [0.25, 0.3) is 0 Å². The van der Waals surface area contributed by atoms with E-state index in [1.54, 1.807) is 17.9 Å². The van der Waals surface area contributed by atoms with Crippen molar-refractivity contribution in [3.63, 3.8) is 0 Å². The Kier molecular flexibility index (Phi) is 3.92. The minimum absolute atomic E-state index is 0.0274. The Bertz CT molecular complexity index is 558. The highest BCUT2D eigenvalue weighted by Crippen LogP contribution is 2.17. The maximum absolute atomic E-state index is 12.0. The molecule has 1 fully saturated rings. The number of pyridine rings is 1. The summed E-state index contributed by atoms with van der Waals surface area (Å²) >= 11 is 1.37. The summed E-state index contributed by atoms with van der Waals surface area (Å²) in [6.45, 7) is 1.80. The molecule has 0 spiro atoms. The number of amides is 1. The second-order valence-corrected chi connectivity index (χ2v) is 5.70. The molecule has 0 unspecified atom stereocenters. The van der Waals surface area contributed by atoms with Crippen LogP contribution in [0.4, 0.5) is 5.82 Å². The highest BCUT2D eigenvalue weighted by atomic mass is 32.1. The van der Waals surface area contributed by atoms with Crippen LogP contribution in [-0.2, 0) is 0 Å². The summed E-state index contributed by atoms with van der Waals surface area (Å²) in [6, 6.07) is 6.08. The molecule has 1 atom stereocenters. The number of anilines is 1. The third-order valence-corrected chi connectivity index (χ3v) is 4.16. The van der Waals surface area contributed by atoms with Crippen molar-refractivity contribution in [2.45, 2.75) is 18.9 Å². The van der Waals surface area contributed by atoms with Gasteiger partial charge in [-0.3, -0.25) is 9.78 Å². The van der Waals surface area contributed by atoms with Crippen LogP contribution in [0.1, 0.15) is 22.5 Å². The average Bonchev–Trinajstić information content (AvgIpc) is 3.03. The van der Waals surface area contributed by atoms with E-state index in [2.05, 4.69) is 20.2 Å². The summed E-state index contributed by atoms with van der Waals surface area (Å²) in [7, 11) is 0. The smallest absolute Gasteiger partial charge is 0.263 e. The van der Waals surface area contributed by atoms with Crippen LogP contribution >= 0.6 is 11.3 Å². The van der Waals surface area contributed by atoms with Crippen LogP contribution in [0, 0.1) is 0 Å². The van der Waals surface area contributed by atoms with Crippen LogP contribution in [0.5, 0.6) is 0 Å². The van der Waals surface area contributed by atoms with Gasteiger partial charge in [0, 0.05) is 25.3 Å². The maximum atomic E-state index is 12.0. The summed E-state index contributed by atoms with van der Waals surface area (Å²) < 4.78 is 0. The van der Waals surface area contributed by atoms with Crippen LogP contribution in [0.2, 0.25) is 0 Å². The van der Waals surface area contributed by atoms with Gasteiger partial charge in [-0.2, -0.15) is 0 Å². The summed E-state index contributed by atoms with van der Waals surface area (Å²) in [5.74, 6) is 0.949. The number of carbonyl (C=O) groups is 1. The Hall–Kier alpha value is -1.95. The quantitative estimate of drug-likeness (QED) is 0.937. The lowest BCUT2D eigenvalue weighted by Gasteiger charge is -2.33. The fourth-order valence-electron chi connectivity index (χ4n) is 2.43. The van der Waals surface area contributed by atoms with Crippen molar-refractivity contribution >= 4 is 23.1 Å². The number of thiazole rings is 1. The molecule has 104 valence electrons. The molecule has 0 aromatic carbocycles. The molecule has 1 aliphatic rings. The Balaban J connectivity index is 1.62. The molecule has 0 radical (unpaired) electrons. The van der Waals surface area contributed by atoms with Gasteiger partial charge in [0.15, 0.2) is 0 Å². The van der Waals surface area contributed by atoms with E-state index in [4.69, 9.17) is 0 Å². The molecule has 1 aliphatic heterocycles. The van der Waals surface area contributed by atoms with Gasteiger partial charge in [-0.25, -0.2) is 4.98 Å². The lowest BCUT2D eigenvalue weighted by atomic mass is 10.1. The van der Waals surface area contributed by atoms with Gasteiger partial charge in [-0.1, -0.05) is 6.07 Å². The maximum Gasteiger partial charge on any atom is 0.263 e. The fourth-order valence-corrected chi connectivity index (χ4v) is 2.95. The minimum Gasteiger partial charge on any atom is -0.355 e. The summed E-state index contributed by atoms with van der Waals surface area (Å²) in [5.41, 5.74) is 1.68. The first-order valence-electron chi connectivity index (χ1n) is 6.68. The predicted octanol–water partition coefficient (Wildman–Crippen LogP) is 1.94. The molecular weight excluding hydrogens is 272 g/mol. The normalized spacial score (nSPS) is 18.8. The Morgan fingerprint density at radius 2 is 2.40 bits per heavy atom. The van der Waals surface area contributed by atoms with Crippen molar-refractivity contribution < 1.29 is 4.79 Å². The van der Waals surface area contributed by atoms with Crippen molar-refractivity contribution in [1.82, 2.24) is 15.3 Å². The van der Waals surface area contributed by atoms with Crippen LogP contribution < -0.4 is 10.2 Å². The van der Waals surface area contributed by atoms with E-state index in [1.165, 1.54) is 11.3 Å².